The molecule has 0 amide bonds. The lowest BCUT2D eigenvalue weighted by Gasteiger charge is -2.33. The van der Waals surface area contributed by atoms with E-state index < -0.39 is 0 Å². The molecule has 88 valence electrons. The molecule has 1 aliphatic heterocycles. The van der Waals surface area contributed by atoms with Crippen LogP contribution in [0.25, 0.3) is 0 Å². The summed E-state index contributed by atoms with van der Waals surface area (Å²) in [7, 11) is 0. The smallest absolute Gasteiger partial charge is 0.115 e. The third-order valence-electron chi connectivity index (χ3n) is 3.24. The van der Waals surface area contributed by atoms with Gasteiger partial charge in [0.1, 0.15) is 6.34 Å². The lowest BCUT2D eigenvalue weighted by molar-refractivity contribution is 0.162. The first-order chi connectivity index (χ1) is 7.51. The van der Waals surface area contributed by atoms with E-state index in [9.17, 15) is 0 Å². The predicted molar refractivity (Wildman–Crippen MR) is 71.2 cm³/mol. The molecule has 0 saturated carbocycles. The Labute approximate surface area is 98.3 Å². The number of nitrogens with zero attached hydrogens (tertiary/aromatic N) is 3. The summed E-state index contributed by atoms with van der Waals surface area (Å²) in [6, 6.07) is 0. The molecule has 0 atom stereocenters. The van der Waals surface area contributed by atoms with E-state index in [1.165, 1.54) is 12.5 Å². The second-order valence-electron chi connectivity index (χ2n) is 4.65. The van der Waals surface area contributed by atoms with E-state index in [4.69, 9.17) is 0 Å². The zero-order valence-electron chi connectivity index (χ0n) is 10.5. The molecular formula is C13H21N3. The van der Waals surface area contributed by atoms with Crippen LogP contribution >= 0.6 is 0 Å². The summed E-state index contributed by atoms with van der Waals surface area (Å²) in [6.07, 6.45) is 4.14. The first-order valence-electron chi connectivity index (χ1n) is 5.63. The number of rotatable bonds is 4. The second-order valence-corrected chi connectivity index (χ2v) is 4.65. The fraction of sp³-hybridized carbons (Fsp3) is 0.538. The summed E-state index contributed by atoms with van der Waals surface area (Å²) < 4.78 is 0. The van der Waals surface area contributed by atoms with E-state index in [2.05, 4.69) is 48.8 Å². The SMILES string of the molecule is C=C/N=C\N=C1\CN(C(C)(C)CC)CC1=C. The fourth-order valence-electron chi connectivity index (χ4n) is 1.60. The van der Waals surface area contributed by atoms with Crippen LogP contribution < -0.4 is 0 Å². The average molecular weight is 219 g/mol. The highest BCUT2D eigenvalue weighted by Crippen LogP contribution is 2.24. The molecule has 1 rings (SSSR count). The van der Waals surface area contributed by atoms with E-state index in [-0.39, 0.29) is 5.54 Å². The number of aliphatic imine (C=N–C) groups is 2. The fourth-order valence-corrected chi connectivity index (χ4v) is 1.60. The maximum Gasteiger partial charge on any atom is 0.115 e. The van der Waals surface area contributed by atoms with Gasteiger partial charge in [-0.05, 0) is 25.8 Å². The van der Waals surface area contributed by atoms with Gasteiger partial charge in [0, 0.05) is 24.8 Å². The summed E-state index contributed by atoms with van der Waals surface area (Å²) in [4.78, 5) is 10.6. The van der Waals surface area contributed by atoms with E-state index in [0.717, 1.165) is 30.8 Å². The van der Waals surface area contributed by atoms with Crippen molar-refractivity contribution in [3.05, 3.63) is 24.9 Å². The van der Waals surface area contributed by atoms with Crippen LogP contribution in [0.2, 0.25) is 0 Å². The van der Waals surface area contributed by atoms with Crippen molar-refractivity contribution >= 4 is 12.1 Å². The van der Waals surface area contributed by atoms with Gasteiger partial charge in [-0.2, -0.15) is 0 Å². The number of hydrogen-bond donors (Lipinski definition) is 0. The van der Waals surface area contributed by atoms with Gasteiger partial charge >= 0.3 is 0 Å². The Hall–Kier alpha value is -1.22. The van der Waals surface area contributed by atoms with E-state index in [1.807, 2.05) is 0 Å². The lowest BCUT2D eigenvalue weighted by Crippen LogP contribution is -2.41. The third kappa shape index (κ3) is 2.89. The maximum atomic E-state index is 4.30. The molecule has 0 aliphatic carbocycles. The molecule has 0 aromatic rings. The summed E-state index contributed by atoms with van der Waals surface area (Å²) >= 11 is 0. The zero-order valence-corrected chi connectivity index (χ0v) is 10.5. The highest BCUT2D eigenvalue weighted by atomic mass is 15.2. The van der Waals surface area contributed by atoms with Gasteiger partial charge in [-0.1, -0.05) is 20.1 Å². The van der Waals surface area contributed by atoms with Crippen LogP contribution in [0, 0.1) is 0 Å². The van der Waals surface area contributed by atoms with Crippen molar-refractivity contribution in [3.63, 3.8) is 0 Å². The van der Waals surface area contributed by atoms with Crippen LogP contribution in [0.5, 0.6) is 0 Å². The highest BCUT2D eigenvalue weighted by Gasteiger charge is 2.31. The molecule has 0 unspecified atom stereocenters. The van der Waals surface area contributed by atoms with E-state index >= 15 is 0 Å². The van der Waals surface area contributed by atoms with Crippen LogP contribution in [0.3, 0.4) is 0 Å². The van der Waals surface area contributed by atoms with Gasteiger partial charge in [0.05, 0.1) is 5.71 Å². The van der Waals surface area contributed by atoms with Gasteiger partial charge in [0.2, 0.25) is 0 Å². The van der Waals surface area contributed by atoms with Gasteiger partial charge < -0.3 is 0 Å². The maximum absolute atomic E-state index is 4.30. The minimum absolute atomic E-state index is 0.204. The molecule has 0 radical (unpaired) electrons. The highest BCUT2D eigenvalue weighted by molar-refractivity contribution is 6.06. The molecule has 1 heterocycles. The van der Waals surface area contributed by atoms with Crippen molar-refractivity contribution in [1.29, 1.82) is 0 Å². The van der Waals surface area contributed by atoms with E-state index in [1.54, 1.807) is 0 Å². The zero-order chi connectivity index (χ0) is 12.2. The number of likely N-dealkylation sites (tertiary alicyclic amines) is 1. The van der Waals surface area contributed by atoms with Crippen molar-refractivity contribution in [3.8, 4) is 0 Å². The Morgan fingerprint density at radius 3 is 2.69 bits per heavy atom. The third-order valence-corrected chi connectivity index (χ3v) is 3.24. The van der Waals surface area contributed by atoms with Crippen molar-refractivity contribution < 1.29 is 0 Å². The summed E-state index contributed by atoms with van der Waals surface area (Å²) in [5.41, 5.74) is 2.33. The van der Waals surface area contributed by atoms with Crippen LogP contribution in [0.15, 0.2) is 34.9 Å². The molecule has 0 aromatic heterocycles. The Balaban J connectivity index is 2.74. The van der Waals surface area contributed by atoms with E-state index in [0.29, 0.717) is 0 Å². The lowest BCUT2D eigenvalue weighted by atomic mass is 10.0. The Kier molecular flexibility index (Phi) is 4.19. The Morgan fingerprint density at radius 2 is 2.12 bits per heavy atom. The number of hydrogen-bond acceptors (Lipinski definition) is 2. The normalized spacial score (nSPS) is 21.2. The Bertz CT molecular complexity index is 337. The van der Waals surface area contributed by atoms with Gasteiger partial charge in [0.25, 0.3) is 0 Å². The first-order valence-corrected chi connectivity index (χ1v) is 5.63. The molecule has 3 nitrogen and oxygen atoms in total. The molecule has 0 N–H and O–H groups in total. The standard InChI is InChI=1S/C13H21N3/c1-6-13(4,5)16-8-11(3)12(9-16)15-10-14-7-2/h7,10H,2-3,6,8-9H2,1,4-5H3/b14-10-,15-12-. The topological polar surface area (TPSA) is 28.0 Å². The molecule has 1 aliphatic rings. The predicted octanol–water partition coefficient (Wildman–Crippen LogP) is 2.66. The van der Waals surface area contributed by atoms with Crippen molar-refractivity contribution in [2.45, 2.75) is 32.7 Å². The largest absolute Gasteiger partial charge is 0.288 e. The van der Waals surface area contributed by atoms with Crippen molar-refractivity contribution in [2.24, 2.45) is 9.98 Å². The van der Waals surface area contributed by atoms with Gasteiger partial charge in [-0.3, -0.25) is 4.90 Å². The molecule has 0 bridgehead atoms. The monoisotopic (exact) mass is 219 g/mol. The van der Waals surface area contributed by atoms with Crippen LogP contribution in [0.1, 0.15) is 27.2 Å². The minimum Gasteiger partial charge on any atom is -0.288 e. The molecular weight excluding hydrogens is 198 g/mol. The molecule has 0 aromatic carbocycles. The van der Waals surface area contributed by atoms with Crippen molar-refractivity contribution in [2.75, 3.05) is 13.1 Å². The second kappa shape index (κ2) is 5.21. The average Bonchev–Trinajstić information content (AvgIpc) is 2.62. The summed E-state index contributed by atoms with van der Waals surface area (Å²) in [6.45, 7) is 16.0. The quantitative estimate of drug-likeness (QED) is 0.527. The minimum atomic E-state index is 0.204. The molecule has 16 heavy (non-hydrogen) atoms. The molecule has 3 heteroatoms. The molecule has 1 saturated heterocycles. The van der Waals surface area contributed by atoms with Crippen molar-refractivity contribution in [1.82, 2.24) is 4.90 Å². The molecule has 1 fully saturated rings. The summed E-state index contributed by atoms with van der Waals surface area (Å²) in [5.74, 6) is 0. The van der Waals surface area contributed by atoms with Crippen LogP contribution in [0.4, 0.5) is 0 Å². The van der Waals surface area contributed by atoms with Crippen LogP contribution in [-0.2, 0) is 0 Å². The molecule has 0 spiro atoms. The van der Waals surface area contributed by atoms with Gasteiger partial charge in [-0.25, -0.2) is 9.98 Å². The first kappa shape index (κ1) is 12.8. The van der Waals surface area contributed by atoms with Crippen LogP contribution in [-0.4, -0.2) is 35.6 Å². The summed E-state index contributed by atoms with van der Waals surface area (Å²) in [5, 5.41) is 0. The van der Waals surface area contributed by atoms with Gasteiger partial charge in [0.15, 0.2) is 0 Å². The Morgan fingerprint density at radius 1 is 1.44 bits per heavy atom. The van der Waals surface area contributed by atoms with Gasteiger partial charge in [-0.15, -0.1) is 0 Å².